The molecule has 0 fully saturated rings. The van der Waals surface area contributed by atoms with E-state index in [-0.39, 0.29) is 0 Å². The minimum atomic E-state index is -0.893. The predicted molar refractivity (Wildman–Crippen MR) is 59.3 cm³/mol. The Bertz CT molecular complexity index is 299. The quantitative estimate of drug-likeness (QED) is 0.809. The van der Waals surface area contributed by atoms with Crippen molar-refractivity contribution in [2.75, 3.05) is 0 Å². The van der Waals surface area contributed by atoms with Gasteiger partial charge in [0.1, 0.15) is 11.3 Å². The fourth-order valence-electron chi connectivity index (χ4n) is 1.35. The predicted octanol–water partition coefficient (Wildman–Crippen LogP) is 1.94. The third kappa shape index (κ3) is 4.00. The summed E-state index contributed by atoms with van der Waals surface area (Å²) in [6.07, 6.45) is 4.12. The number of aryl methyl sites for hydroxylation is 1. The van der Waals surface area contributed by atoms with Crippen molar-refractivity contribution in [2.24, 2.45) is 5.92 Å². The molecule has 15 heavy (non-hydrogen) atoms. The zero-order valence-electron chi connectivity index (χ0n) is 10.1. The Labute approximate surface area is 91.3 Å². The van der Waals surface area contributed by atoms with Gasteiger partial charge in [-0.1, -0.05) is 19.1 Å². The molecule has 0 unspecified atom stereocenters. The van der Waals surface area contributed by atoms with E-state index in [0.717, 1.165) is 18.9 Å². The molecule has 1 heterocycles. The molecule has 0 saturated heterocycles. The van der Waals surface area contributed by atoms with Crippen molar-refractivity contribution >= 4 is 0 Å². The van der Waals surface area contributed by atoms with E-state index >= 15 is 0 Å². The Morgan fingerprint density at radius 1 is 1.47 bits per heavy atom. The van der Waals surface area contributed by atoms with Crippen molar-refractivity contribution in [3.05, 3.63) is 11.9 Å². The first-order chi connectivity index (χ1) is 6.89. The molecule has 4 heteroatoms. The van der Waals surface area contributed by atoms with Crippen LogP contribution in [-0.2, 0) is 12.1 Å². The van der Waals surface area contributed by atoms with Gasteiger partial charge in [0.15, 0.2) is 0 Å². The Kier molecular flexibility index (Phi) is 3.85. The Hall–Kier alpha value is -0.900. The molecule has 4 nitrogen and oxygen atoms in total. The van der Waals surface area contributed by atoms with Crippen molar-refractivity contribution in [1.29, 1.82) is 0 Å². The Balaban J connectivity index is 2.47. The van der Waals surface area contributed by atoms with Crippen LogP contribution in [0.1, 0.15) is 46.2 Å². The Morgan fingerprint density at radius 3 is 2.60 bits per heavy atom. The van der Waals surface area contributed by atoms with Crippen molar-refractivity contribution < 1.29 is 5.11 Å². The first-order valence-electron chi connectivity index (χ1n) is 5.52. The minimum Gasteiger partial charge on any atom is -0.384 e. The van der Waals surface area contributed by atoms with Crippen LogP contribution >= 0.6 is 0 Å². The summed E-state index contributed by atoms with van der Waals surface area (Å²) < 4.78 is 1.80. The fourth-order valence-corrected chi connectivity index (χ4v) is 1.35. The van der Waals surface area contributed by atoms with Crippen LogP contribution in [0, 0.1) is 5.92 Å². The van der Waals surface area contributed by atoms with Crippen molar-refractivity contribution in [3.63, 3.8) is 0 Å². The summed E-state index contributed by atoms with van der Waals surface area (Å²) in [5.74, 6) is 0.724. The van der Waals surface area contributed by atoms with Crippen LogP contribution in [-0.4, -0.2) is 20.1 Å². The SMILES string of the molecule is CC(C)CCCn1cc(C(C)(C)O)nn1. The largest absolute Gasteiger partial charge is 0.384 e. The molecule has 0 amide bonds. The fraction of sp³-hybridized carbons (Fsp3) is 0.818. The zero-order valence-corrected chi connectivity index (χ0v) is 10.1. The molecule has 0 spiro atoms. The van der Waals surface area contributed by atoms with E-state index in [9.17, 15) is 5.11 Å². The zero-order chi connectivity index (χ0) is 11.5. The summed E-state index contributed by atoms with van der Waals surface area (Å²) >= 11 is 0. The second-order valence-corrected chi connectivity index (χ2v) is 4.96. The molecule has 0 aliphatic heterocycles. The number of rotatable bonds is 5. The van der Waals surface area contributed by atoms with Gasteiger partial charge in [-0.15, -0.1) is 5.10 Å². The number of aromatic nitrogens is 3. The first-order valence-corrected chi connectivity index (χ1v) is 5.52. The maximum atomic E-state index is 9.70. The second kappa shape index (κ2) is 4.75. The average molecular weight is 211 g/mol. The van der Waals surface area contributed by atoms with Gasteiger partial charge in [-0.25, -0.2) is 0 Å². The van der Waals surface area contributed by atoms with Crippen LogP contribution in [0.3, 0.4) is 0 Å². The first kappa shape index (κ1) is 12.2. The van der Waals surface area contributed by atoms with Gasteiger partial charge in [-0.2, -0.15) is 0 Å². The van der Waals surface area contributed by atoms with E-state index in [2.05, 4.69) is 24.2 Å². The van der Waals surface area contributed by atoms with Crippen LogP contribution < -0.4 is 0 Å². The highest BCUT2D eigenvalue weighted by molar-refractivity contribution is 5.02. The molecule has 0 aliphatic rings. The highest BCUT2D eigenvalue weighted by Gasteiger charge is 2.19. The van der Waals surface area contributed by atoms with Gasteiger partial charge in [0, 0.05) is 6.54 Å². The monoisotopic (exact) mass is 211 g/mol. The molecular weight excluding hydrogens is 190 g/mol. The third-order valence-electron chi connectivity index (χ3n) is 2.33. The molecular formula is C11H21N3O. The molecule has 0 bridgehead atoms. The topological polar surface area (TPSA) is 50.9 Å². The van der Waals surface area contributed by atoms with Gasteiger partial charge in [-0.05, 0) is 32.6 Å². The molecule has 1 aromatic heterocycles. The molecule has 0 radical (unpaired) electrons. The van der Waals surface area contributed by atoms with Gasteiger partial charge in [0.2, 0.25) is 0 Å². The lowest BCUT2D eigenvalue weighted by Gasteiger charge is -2.11. The van der Waals surface area contributed by atoms with E-state index < -0.39 is 5.60 Å². The van der Waals surface area contributed by atoms with E-state index in [0.29, 0.717) is 5.69 Å². The minimum absolute atomic E-state index is 0.632. The van der Waals surface area contributed by atoms with Crippen LogP contribution in [0.4, 0.5) is 0 Å². The van der Waals surface area contributed by atoms with Crippen LogP contribution in [0.15, 0.2) is 6.20 Å². The smallest absolute Gasteiger partial charge is 0.114 e. The molecule has 0 aromatic carbocycles. The molecule has 0 aliphatic carbocycles. The lowest BCUT2D eigenvalue weighted by Crippen LogP contribution is -2.15. The number of hydrogen-bond donors (Lipinski definition) is 1. The average Bonchev–Trinajstić information content (AvgIpc) is 2.51. The molecule has 0 saturated carbocycles. The molecule has 1 N–H and O–H groups in total. The summed E-state index contributed by atoms with van der Waals surface area (Å²) in [5, 5.41) is 17.6. The summed E-state index contributed by atoms with van der Waals surface area (Å²) in [5.41, 5.74) is -0.261. The third-order valence-corrected chi connectivity index (χ3v) is 2.33. The normalized spacial score (nSPS) is 12.4. The van der Waals surface area contributed by atoms with E-state index in [1.165, 1.54) is 6.42 Å². The number of nitrogens with zero attached hydrogens (tertiary/aromatic N) is 3. The number of hydrogen-bond acceptors (Lipinski definition) is 3. The highest BCUT2D eigenvalue weighted by atomic mass is 16.3. The van der Waals surface area contributed by atoms with Gasteiger partial charge < -0.3 is 5.11 Å². The maximum absolute atomic E-state index is 9.70. The standard InChI is InChI=1S/C11H21N3O/c1-9(2)6-5-7-14-8-10(12-13-14)11(3,4)15/h8-9,15H,5-7H2,1-4H3. The van der Waals surface area contributed by atoms with E-state index in [1.54, 1.807) is 18.5 Å². The Morgan fingerprint density at radius 2 is 2.13 bits per heavy atom. The van der Waals surface area contributed by atoms with Crippen LogP contribution in [0.5, 0.6) is 0 Å². The van der Waals surface area contributed by atoms with Crippen LogP contribution in [0.25, 0.3) is 0 Å². The molecule has 1 rings (SSSR count). The van der Waals surface area contributed by atoms with Gasteiger partial charge >= 0.3 is 0 Å². The van der Waals surface area contributed by atoms with Crippen molar-refractivity contribution in [2.45, 2.75) is 52.7 Å². The van der Waals surface area contributed by atoms with E-state index in [4.69, 9.17) is 0 Å². The van der Waals surface area contributed by atoms with Gasteiger partial charge in [0.05, 0.1) is 6.20 Å². The molecule has 86 valence electrons. The molecule has 0 atom stereocenters. The van der Waals surface area contributed by atoms with Crippen molar-refractivity contribution in [3.8, 4) is 0 Å². The maximum Gasteiger partial charge on any atom is 0.114 e. The second-order valence-electron chi connectivity index (χ2n) is 4.96. The van der Waals surface area contributed by atoms with Gasteiger partial charge in [0.25, 0.3) is 0 Å². The summed E-state index contributed by atoms with van der Waals surface area (Å²) in [6.45, 7) is 8.74. The van der Waals surface area contributed by atoms with Crippen molar-refractivity contribution in [1.82, 2.24) is 15.0 Å². The molecule has 1 aromatic rings. The number of aliphatic hydroxyl groups is 1. The lowest BCUT2D eigenvalue weighted by atomic mass is 10.1. The highest BCUT2D eigenvalue weighted by Crippen LogP contribution is 2.16. The van der Waals surface area contributed by atoms with Crippen LogP contribution in [0.2, 0.25) is 0 Å². The summed E-state index contributed by atoms with van der Waals surface area (Å²) in [4.78, 5) is 0. The summed E-state index contributed by atoms with van der Waals surface area (Å²) in [7, 11) is 0. The van der Waals surface area contributed by atoms with Gasteiger partial charge in [-0.3, -0.25) is 4.68 Å². The van der Waals surface area contributed by atoms with E-state index in [1.807, 2.05) is 6.20 Å². The lowest BCUT2D eigenvalue weighted by molar-refractivity contribution is 0.0737. The summed E-state index contributed by atoms with van der Waals surface area (Å²) in [6, 6.07) is 0.